The molecule has 1 aliphatic rings. The van der Waals surface area contributed by atoms with Crippen molar-refractivity contribution in [1.82, 2.24) is 14.9 Å². The maximum absolute atomic E-state index is 12.9. The number of thiophene rings is 1. The molecule has 1 N–H and O–H groups in total. The average Bonchev–Trinajstić information content (AvgIpc) is 3.00. The van der Waals surface area contributed by atoms with Crippen LogP contribution >= 0.6 is 23.1 Å². The average molecular weight is 408 g/mol. The molecule has 1 aliphatic carbocycles. The molecule has 2 aromatic rings. The first-order valence-corrected chi connectivity index (χ1v) is 11.6. The number of nitrogens with zero attached hydrogens (tertiary/aromatic N) is 2. The fraction of sp³-hybridized carbons (Fsp3) is 0.650. The summed E-state index contributed by atoms with van der Waals surface area (Å²) < 4.78 is 1.60. The molecule has 5 nitrogen and oxygen atoms in total. The van der Waals surface area contributed by atoms with Crippen LogP contribution in [-0.2, 0) is 24.7 Å². The highest BCUT2D eigenvalue weighted by Crippen LogP contribution is 2.34. The van der Waals surface area contributed by atoms with E-state index in [0.717, 1.165) is 42.3 Å². The first-order valence-electron chi connectivity index (χ1n) is 9.80. The molecule has 0 radical (unpaired) electrons. The number of hydrogen-bond acceptors (Lipinski definition) is 5. The van der Waals surface area contributed by atoms with Gasteiger partial charge in [-0.3, -0.25) is 14.2 Å². The molecular weight excluding hydrogens is 378 g/mol. The number of fused-ring (bicyclic) bond motifs is 3. The monoisotopic (exact) mass is 407 g/mol. The van der Waals surface area contributed by atoms with Crippen molar-refractivity contribution in [2.24, 2.45) is 13.0 Å². The Balaban J connectivity index is 1.69. The molecule has 7 heteroatoms. The number of nitrogens with one attached hydrogen (secondary N) is 1. The Morgan fingerprint density at radius 3 is 2.74 bits per heavy atom. The minimum atomic E-state index is -0.00363. The van der Waals surface area contributed by atoms with Gasteiger partial charge >= 0.3 is 0 Å². The van der Waals surface area contributed by atoms with E-state index in [0.29, 0.717) is 11.1 Å². The molecule has 0 saturated carbocycles. The van der Waals surface area contributed by atoms with Crippen molar-refractivity contribution in [2.75, 3.05) is 5.75 Å². The molecule has 1 amide bonds. The lowest BCUT2D eigenvalue weighted by Crippen LogP contribution is -2.34. The first-order chi connectivity index (χ1) is 12.9. The summed E-state index contributed by atoms with van der Waals surface area (Å²) in [5.74, 6) is 0.917. The summed E-state index contributed by atoms with van der Waals surface area (Å²) in [6, 6.07) is 0.170. The summed E-state index contributed by atoms with van der Waals surface area (Å²) in [5.41, 5.74) is 1.23. The Morgan fingerprint density at radius 1 is 1.26 bits per heavy atom. The number of aryl methyl sites for hydroxylation is 2. The summed E-state index contributed by atoms with van der Waals surface area (Å²) in [7, 11) is 1.76. The first kappa shape index (κ1) is 20.4. The van der Waals surface area contributed by atoms with Crippen molar-refractivity contribution in [3.05, 3.63) is 20.8 Å². The third-order valence-electron chi connectivity index (χ3n) is 5.07. The van der Waals surface area contributed by atoms with E-state index >= 15 is 0 Å². The lowest BCUT2D eigenvalue weighted by atomic mass is 9.97. The second-order valence-electron chi connectivity index (χ2n) is 7.88. The van der Waals surface area contributed by atoms with Crippen LogP contribution < -0.4 is 10.9 Å². The maximum Gasteiger partial charge on any atom is 0.262 e. The molecule has 0 aromatic carbocycles. The Morgan fingerprint density at radius 2 is 2.00 bits per heavy atom. The number of amides is 1. The van der Waals surface area contributed by atoms with E-state index in [1.54, 1.807) is 23.0 Å². The van der Waals surface area contributed by atoms with E-state index in [4.69, 9.17) is 4.98 Å². The number of rotatable bonds is 7. The van der Waals surface area contributed by atoms with Gasteiger partial charge in [-0.25, -0.2) is 4.98 Å². The molecule has 2 aromatic heterocycles. The fourth-order valence-electron chi connectivity index (χ4n) is 3.50. The molecular formula is C20H29N3O2S2. The van der Waals surface area contributed by atoms with Crippen molar-refractivity contribution in [1.29, 1.82) is 0 Å². The molecule has 0 spiro atoms. The fourth-order valence-corrected chi connectivity index (χ4v) is 5.58. The molecule has 0 unspecified atom stereocenters. The van der Waals surface area contributed by atoms with Crippen LogP contribution in [0.15, 0.2) is 9.95 Å². The molecule has 0 saturated heterocycles. The van der Waals surface area contributed by atoms with E-state index in [1.807, 2.05) is 6.92 Å². The van der Waals surface area contributed by atoms with Crippen LogP contribution in [0.5, 0.6) is 0 Å². The van der Waals surface area contributed by atoms with Crippen molar-refractivity contribution >= 4 is 39.2 Å². The lowest BCUT2D eigenvalue weighted by molar-refractivity contribution is -0.119. The van der Waals surface area contributed by atoms with Crippen LogP contribution in [0.4, 0.5) is 0 Å². The van der Waals surface area contributed by atoms with E-state index in [-0.39, 0.29) is 23.3 Å². The van der Waals surface area contributed by atoms with E-state index in [9.17, 15) is 9.59 Å². The zero-order valence-electron chi connectivity index (χ0n) is 16.6. The summed E-state index contributed by atoms with van der Waals surface area (Å²) in [4.78, 5) is 32.0. The molecule has 0 bridgehead atoms. The summed E-state index contributed by atoms with van der Waals surface area (Å²) >= 11 is 3.00. The van der Waals surface area contributed by atoms with Gasteiger partial charge in [0.1, 0.15) is 4.83 Å². The zero-order chi connectivity index (χ0) is 19.6. The van der Waals surface area contributed by atoms with Gasteiger partial charge in [0.15, 0.2) is 5.16 Å². The van der Waals surface area contributed by atoms with E-state index in [1.165, 1.54) is 28.6 Å². The second kappa shape index (κ2) is 8.78. The van der Waals surface area contributed by atoms with Crippen molar-refractivity contribution in [2.45, 2.75) is 70.5 Å². The Kier molecular flexibility index (Phi) is 6.63. The third-order valence-corrected chi connectivity index (χ3v) is 7.29. The van der Waals surface area contributed by atoms with E-state index in [2.05, 4.69) is 19.2 Å². The number of hydrogen-bond donors (Lipinski definition) is 1. The Labute approximate surface area is 169 Å². The van der Waals surface area contributed by atoms with Crippen LogP contribution in [0.2, 0.25) is 0 Å². The van der Waals surface area contributed by atoms with Gasteiger partial charge in [-0.15, -0.1) is 11.3 Å². The topological polar surface area (TPSA) is 64.0 Å². The summed E-state index contributed by atoms with van der Waals surface area (Å²) in [6.07, 6.45) is 6.46. The van der Waals surface area contributed by atoms with Gasteiger partial charge in [0.2, 0.25) is 5.91 Å². The normalized spacial score (nSPS) is 15.1. The standard InChI is InChI=1S/C20H29N3O2S2/c1-12(2)9-10-13(3)21-16(24)11-26-20-22-18-17(19(25)23(20)4)14-7-5-6-8-15(14)27-18/h12-13H,5-11H2,1-4H3,(H,21,24)/t13-/m0/s1. The van der Waals surface area contributed by atoms with Gasteiger partial charge < -0.3 is 5.32 Å². The van der Waals surface area contributed by atoms with Crippen LogP contribution in [0.3, 0.4) is 0 Å². The predicted molar refractivity (Wildman–Crippen MR) is 114 cm³/mol. The molecule has 3 rings (SSSR count). The number of thioether (sulfide) groups is 1. The number of carbonyl (C=O) groups is 1. The van der Waals surface area contributed by atoms with Crippen LogP contribution in [0.25, 0.3) is 10.2 Å². The van der Waals surface area contributed by atoms with Crippen LogP contribution in [-0.4, -0.2) is 27.3 Å². The number of aromatic nitrogens is 2. The largest absolute Gasteiger partial charge is 0.353 e. The molecule has 1 atom stereocenters. The second-order valence-corrected chi connectivity index (χ2v) is 9.90. The van der Waals surface area contributed by atoms with Crippen molar-refractivity contribution in [3.63, 3.8) is 0 Å². The Bertz CT molecular complexity index is 885. The lowest BCUT2D eigenvalue weighted by Gasteiger charge is -2.15. The summed E-state index contributed by atoms with van der Waals surface area (Å²) in [6.45, 7) is 6.42. The highest BCUT2D eigenvalue weighted by Gasteiger charge is 2.21. The van der Waals surface area contributed by atoms with Gasteiger partial charge in [-0.1, -0.05) is 25.6 Å². The quantitative estimate of drug-likeness (QED) is 0.558. The van der Waals surface area contributed by atoms with Crippen LogP contribution in [0.1, 0.15) is 56.9 Å². The number of carbonyl (C=O) groups excluding carboxylic acids is 1. The summed E-state index contributed by atoms with van der Waals surface area (Å²) in [5, 5.41) is 4.46. The minimum absolute atomic E-state index is 0.00363. The Hall–Kier alpha value is -1.34. The van der Waals surface area contributed by atoms with Crippen molar-refractivity contribution in [3.8, 4) is 0 Å². The molecule has 2 heterocycles. The van der Waals surface area contributed by atoms with Gasteiger partial charge in [0, 0.05) is 18.0 Å². The smallest absolute Gasteiger partial charge is 0.262 e. The SMILES string of the molecule is CC(C)CC[C@H](C)NC(=O)CSc1nc2sc3c(c2c(=O)n1C)CCCC3. The highest BCUT2D eigenvalue weighted by atomic mass is 32.2. The van der Waals surface area contributed by atoms with Gasteiger partial charge in [0.05, 0.1) is 11.1 Å². The minimum Gasteiger partial charge on any atom is -0.353 e. The molecule has 0 fully saturated rings. The third kappa shape index (κ3) is 4.74. The van der Waals surface area contributed by atoms with Crippen molar-refractivity contribution < 1.29 is 4.79 Å². The zero-order valence-corrected chi connectivity index (χ0v) is 18.3. The van der Waals surface area contributed by atoms with Gasteiger partial charge in [-0.05, 0) is 56.9 Å². The highest BCUT2D eigenvalue weighted by molar-refractivity contribution is 7.99. The van der Waals surface area contributed by atoms with Gasteiger partial charge in [0.25, 0.3) is 5.56 Å². The van der Waals surface area contributed by atoms with E-state index < -0.39 is 0 Å². The van der Waals surface area contributed by atoms with Crippen LogP contribution in [0, 0.1) is 5.92 Å². The molecule has 148 valence electrons. The molecule has 0 aliphatic heterocycles. The molecule has 27 heavy (non-hydrogen) atoms. The predicted octanol–water partition coefficient (Wildman–Crippen LogP) is 3.91. The maximum atomic E-state index is 12.9. The van der Waals surface area contributed by atoms with Gasteiger partial charge in [-0.2, -0.15) is 0 Å².